The molecule has 0 atom stereocenters. The third-order valence-corrected chi connectivity index (χ3v) is 6.06. The molecule has 1 N–H and O–H groups in total. The van der Waals surface area contributed by atoms with E-state index in [1.807, 2.05) is 43.0 Å². The Labute approximate surface area is 200 Å². The van der Waals surface area contributed by atoms with Crippen molar-refractivity contribution in [3.8, 4) is 11.6 Å². The van der Waals surface area contributed by atoms with Crippen molar-refractivity contribution in [2.75, 3.05) is 31.1 Å². The summed E-state index contributed by atoms with van der Waals surface area (Å²) in [4.78, 5) is 8.83. The zero-order valence-electron chi connectivity index (χ0n) is 20.1. The van der Waals surface area contributed by atoms with Crippen molar-refractivity contribution >= 4 is 11.5 Å². The normalized spacial score (nSPS) is 14.6. The van der Waals surface area contributed by atoms with E-state index in [0.29, 0.717) is 42.0 Å². The molecule has 0 radical (unpaired) electrons. The maximum absolute atomic E-state index is 13.3. The smallest absolute Gasteiger partial charge is 0.230 e. The van der Waals surface area contributed by atoms with E-state index in [9.17, 15) is 9.60 Å². The first-order valence-electron chi connectivity index (χ1n) is 11.6. The van der Waals surface area contributed by atoms with Crippen LogP contribution < -0.4 is 9.64 Å². The van der Waals surface area contributed by atoms with Gasteiger partial charge in [-0.1, -0.05) is 25.1 Å². The average molecular weight is 463 g/mol. The zero-order valence-corrected chi connectivity index (χ0v) is 20.1. The monoisotopic (exact) mass is 462 g/mol. The third kappa shape index (κ3) is 5.30. The summed E-state index contributed by atoms with van der Waals surface area (Å²) in [6, 6.07) is 16.5. The molecular weight excluding hydrogens is 431 g/mol. The van der Waals surface area contributed by atoms with E-state index in [1.165, 1.54) is 17.7 Å². The fraction of sp³-hybridized carbons (Fsp3) is 0.333. The number of nitrogens with zero attached hydrogens (tertiary/aromatic N) is 4. The largest absolute Gasteiger partial charge is 0.438 e. The van der Waals surface area contributed by atoms with E-state index in [2.05, 4.69) is 35.0 Å². The van der Waals surface area contributed by atoms with E-state index < -0.39 is 0 Å². The Balaban J connectivity index is 1.56. The van der Waals surface area contributed by atoms with Crippen molar-refractivity contribution in [1.29, 1.82) is 0 Å². The van der Waals surface area contributed by atoms with Crippen LogP contribution in [0.15, 0.2) is 59.8 Å². The number of halogens is 1. The number of ether oxygens (including phenoxy) is 1. The Morgan fingerprint density at radius 3 is 2.35 bits per heavy atom. The van der Waals surface area contributed by atoms with Crippen molar-refractivity contribution in [3.05, 3.63) is 82.8 Å². The molecule has 1 aliphatic heterocycles. The average Bonchev–Trinajstić information content (AvgIpc) is 2.81. The molecule has 7 heteroatoms. The fourth-order valence-corrected chi connectivity index (χ4v) is 4.18. The maximum atomic E-state index is 13.3. The molecule has 6 nitrogen and oxygen atoms in total. The van der Waals surface area contributed by atoms with Crippen LogP contribution >= 0.6 is 0 Å². The van der Waals surface area contributed by atoms with Crippen LogP contribution in [-0.2, 0) is 0 Å². The summed E-state index contributed by atoms with van der Waals surface area (Å²) >= 11 is 0. The number of rotatable bonds is 5. The number of aryl methyl sites for hydroxylation is 2. The van der Waals surface area contributed by atoms with Gasteiger partial charge in [-0.2, -0.15) is 0 Å². The van der Waals surface area contributed by atoms with Crippen LogP contribution in [0.1, 0.15) is 42.1 Å². The lowest BCUT2D eigenvalue weighted by Crippen LogP contribution is -2.49. The van der Waals surface area contributed by atoms with Crippen LogP contribution in [-0.4, -0.2) is 47.1 Å². The number of oxime groups is 1. The van der Waals surface area contributed by atoms with Gasteiger partial charge in [-0.3, -0.25) is 0 Å². The van der Waals surface area contributed by atoms with Crippen LogP contribution in [0.5, 0.6) is 11.6 Å². The summed E-state index contributed by atoms with van der Waals surface area (Å²) in [6.45, 7) is 11.0. The first-order chi connectivity index (χ1) is 16.3. The van der Waals surface area contributed by atoms with Gasteiger partial charge < -0.3 is 19.7 Å². The van der Waals surface area contributed by atoms with Gasteiger partial charge in [-0.25, -0.2) is 9.37 Å². The highest BCUT2D eigenvalue weighted by molar-refractivity contribution is 6.00. The number of piperazine rings is 1. The minimum atomic E-state index is -0.245. The molecule has 1 saturated heterocycles. The van der Waals surface area contributed by atoms with Crippen LogP contribution in [0.3, 0.4) is 0 Å². The summed E-state index contributed by atoms with van der Waals surface area (Å²) in [5.74, 6) is 1.68. The number of anilines is 1. The highest BCUT2D eigenvalue weighted by atomic mass is 19.1. The predicted molar refractivity (Wildman–Crippen MR) is 133 cm³/mol. The number of hydrogen-bond acceptors (Lipinski definition) is 5. The first kappa shape index (κ1) is 23.5. The van der Waals surface area contributed by atoms with Gasteiger partial charge in [0.05, 0.1) is 5.56 Å². The molecule has 1 aliphatic rings. The van der Waals surface area contributed by atoms with E-state index >= 15 is 0 Å². The van der Waals surface area contributed by atoms with Gasteiger partial charge in [-0.05, 0) is 79.4 Å². The van der Waals surface area contributed by atoms with Crippen LogP contribution in [0, 0.1) is 19.7 Å². The Hall–Kier alpha value is -3.61. The lowest BCUT2D eigenvalue weighted by molar-refractivity contribution is 0.295. The van der Waals surface area contributed by atoms with Gasteiger partial charge in [0.2, 0.25) is 5.88 Å². The Morgan fingerprint density at radius 1 is 1.00 bits per heavy atom. The second-order valence-electron chi connectivity index (χ2n) is 9.02. The minimum absolute atomic E-state index is 0.245. The van der Waals surface area contributed by atoms with Crippen LogP contribution in [0.2, 0.25) is 0 Å². The Kier molecular flexibility index (Phi) is 7.01. The standard InChI is InChI=1S/C27H31FN4O2/c1-18(2)21-15-19(3)16-24(17-21)34-27-25(10-5-20(4)29-27)26(30-33)32-13-11-31(12-14-32)23-8-6-22(28)7-9-23/h5-10,15-18,33H,11-14H2,1-4H3/b30-26-. The summed E-state index contributed by atoms with van der Waals surface area (Å²) in [6.07, 6.45) is 0. The zero-order chi connectivity index (χ0) is 24.2. The van der Waals surface area contributed by atoms with Crippen molar-refractivity contribution in [1.82, 2.24) is 9.88 Å². The number of pyridine rings is 1. The molecule has 3 aromatic rings. The minimum Gasteiger partial charge on any atom is -0.438 e. The molecule has 0 saturated carbocycles. The van der Waals surface area contributed by atoms with Gasteiger partial charge >= 0.3 is 0 Å². The molecule has 34 heavy (non-hydrogen) atoms. The first-order valence-corrected chi connectivity index (χ1v) is 11.6. The SMILES string of the molecule is Cc1cc(Oc2nc(C)ccc2/C(=N/O)N2CCN(c3ccc(F)cc3)CC2)cc(C(C)C)c1. The van der Waals surface area contributed by atoms with Crippen LogP contribution in [0.4, 0.5) is 10.1 Å². The van der Waals surface area contributed by atoms with Crippen molar-refractivity contribution in [3.63, 3.8) is 0 Å². The molecule has 1 fully saturated rings. The second-order valence-corrected chi connectivity index (χ2v) is 9.02. The molecule has 0 aliphatic carbocycles. The quantitative estimate of drug-likeness (QED) is 0.228. The van der Waals surface area contributed by atoms with Crippen molar-refractivity contribution < 1.29 is 14.3 Å². The Morgan fingerprint density at radius 2 is 1.71 bits per heavy atom. The molecule has 0 unspecified atom stereocenters. The van der Waals surface area contributed by atoms with E-state index in [0.717, 1.165) is 30.0 Å². The van der Waals surface area contributed by atoms with Crippen LogP contribution in [0.25, 0.3) is 0 Å². The number of amidine groups is 1. The molecule has 1 aromatic heterocycles. The summed E-state index contributed by atoms with van der Waals surface area (Å²) < 4.78 is 19.5. The van der Waals surface area contributed by atoms with E-state index in [-0.39, 0.29) is 5.82 Å². The summed E-state index contributed by atoms with van der Waals surface area (Å²) in [7, 11) is 0. The predicted octanol–water partition coefficient (Wildman–Crippen LogP) is 5.71. The number of hydrogen-bond donors (Lipinski definition) is 1. The molecule has 0 bridgehead atoms. The van der Waals surface area contributed by atoms with E-state index in [1.54, 1.807) is 12.1 Å². The maximum Gasteiger partial charge on any atom is 0.230 e. The molecule has 4 rings (SSSR count). The highest BCUT2D eigenvalue weighted by Crippen LogP contribution is 2.29. The van der Waals surface area contributed by atoms with Gasteiger partial charge in [-0.15, -0.1) is 0 Å². The molecule has 2 aromatic carbocycles. The lowest BCUT2D eigenvalue weighted by Gasteiger charge is -2.37. The van der Waals surface area contributed by atoms with Crippen molar-refractivity contribution in [2.24, 2.45) is 5.16 Å². The molecule has 0 amide bonds. The van der Waals surface area contributed by atoms with Gasteiger partial charge in [0, 0.05) is 37.6 Å². The molecular formula is C27H31FN4O2. The van der Waals surface area contributed by atoms with Crippen molar-refractivity contribution in [2.45, 2.75) is 33.6 Å². The summed E-state index contributed by atoms with van der Waals surface area (Å²) in [5.41, 5.74) is 4.73. The fourth-order valence-electron chi connectivity index (χ4n) is 4.18. The third-order valence-electron chi connectivity index (χ3n) is 6.06. The van der Waals surface area contributed by atoms with Gasteiger partial charge in [0.15, 0.2) is 5.84 Å². The summed E-state index contributed by atoms with van der Waals surface area (Å²) in [5, 5.41) is 13.6. The second kappa shape index (κ2) is 10.1. The van der Waals surface area contributed by atoms with Gasteiger partial charge in [0.1, 0.15) is 11.6 Å². The molecule has 2 heterocycles. The topological polar surface area (TPSA) is 61.2 Å². The Bertz CT molecular complexity index is 1170. The van der Waals surface area contributed by atoms with E-state index in [4.69, 9.17) is 4.74 Å². The number of benzene rings is 2. The number of aromatic nitrogens is 1. The van der Waals surface area contributed by atoms with Gasteiger partial charge in [0.25, 0.3) is 0 Å². The lowest BCUT2D eigenvalue weighted by atomic mass is 10.0. The molecule has 178 valence electrons. The highest BCUT2D eigenvalue weighted by Gasteiger charge is 2.25. The molecule has 0 spiro atoms.